The highest BCUT2D eigenvalue weighted by Gasteiger charge is 2.29. The lowest BCUT2D eigenvalue weighted by atomic mass is 9.96. The molecule has 0 saturated carbocycles. The van der Waals surface area contributed by atoms with Crippen molar-refractivity contribution in [2.75, 3.05) is 30.3 Å². The molecule has 1 aliphatic heterocycles. The molecular weight excluding hydrogens is 440 g/mol. The highest BCUT2D eigenvalue weighted by atomic mass is 32.2. The number of likely N-dealkylation sites (tertiary alicyclic amines) is 1. The fourth-order valence-electron chi connectivity index (χ4n) is 4.24. The summed E-state index contributed by atoms with van der Waals surface area (Å²) in [6.45, 7) is 7.16. The fraction of sp³-hybridized carbons (Fsp3) is 0.440. The zero-order chi connectivity index (χ0) is 24.2. The van der Waals surface area contributed by atoms with Gasteiger partial charge in [-0.2, -0.15) is 0 Å². The lowest BCUT2D eigenvalue weighted by Crippen LogP contribution is -2.40. The van der Waals surface area contributed by atoms with E-state index in [2.05, 4.69) is 0 Å². The Bertz CT molecular complexity index is 1080. The van der Waals surface area contributed by atoms with E-state index in [0.29, 0.717) is 43.8 Å². The molecule has 0 bridgehead atoms. The van der Waals surface area contributed by atoms with Crippen LogP contribution in [0, 0.1) is 19.8 Å². The van der Waals surface area contributed by atoms with Crippen LogP contribution in [-0.2, 0) is 26.1 Å². The van der Waals surface area contributed by atoms with Gasteiger partial charge in [-0.25, -0.2) is 8.42 Å². The standard InChI is InChI=1S/C25H32N2O5S/c1-5-32-25(29)22-13-15-26(16-14-22)24(28)21-11-9-20(10-12-21)17-27(33(4,30)31)23-18(2)7-6-8-19(23)3/h6-12,22H,5,13-17H2,1-4H3. The predicted molar refractivity (Wildman–Crippen MR) is 129 cm³/mol. The van der Waals surface area contributed by atoms with Gasteiger partial charge in [0.15, 0.2) is 0 Å². The number of carbonyl (C=O) groups is 2. The smallest absolute Gasteiger partial charge is 0.309 e. The number of amides is 1. The highest BCUT2D eigenvalue weighted by Crippen LogP contribution is 2.28. The Kier molecular flexibility index (Phi) is 7.79. The molecule has 0 aliphatic carbocycles. The quantitative estimate of drug-likeness (QED) is 0.574. The minimum absolute atomic E-state index is 0.0847. The van der Waals surface area contributed by atoms with Gasteiger partial charge in [0.05, 0.1) is 31.0 Å². The number of hydrogen-bond acceptors (Lipinski definition) is 5. The first-order chi connectivity index (χ1) is 15.6. The zero-order valence-corrected chi connectivity index (χ0v) is 20.5. The van der Waals surface area contributed by atoms with Gasteiger partial charge in [0.1, 0.15) is 0 Å². The molecule has 0 spiro atoms. The molecule has 0 atom stereocenters. The average Bonchev–Trinajstić information content (AvgIpc) is 2.78. The molecule has 1 amide bonds. The predicted octanol–water partition coefficient (Wildman–Crippen LogP) is 3.68. The third-order valence-corrected chi connectivity index (χ3v) is 7.13. The van der Waals surface area contributed by atoms with Gasteiger partial charge in [0.2, 0.25) is 10.0 Å². The van der Waals surface area contributed by atoms with Crippen LogP contribution >= 0.6 is 0 Å². The summed E-state index contributed by atoms with van der Waals surface area (Å²) in [5.41, 5.74) is 3.80. The number of benzene rings is 2. The molecule has 8 heteroatoms. The van der Waals surface area contributed by atoms with Crippen molar-refractivity contribution in [3.05, 3.63) is 64.7 Å². The van der Waals surface area contributed by atoms with Gasteiger partial charge in [0.25, 0.3) is 5.91 Å². The molecule has 1 aliphatic rings. The molecule has 178 valence electrons. The van der Waals surface area contributed by atoms with Crippen molar-refractivity contribution in [1.82, 2.24) is 4.90 Å². The van der Waals surface area contributed by atoms with Gasteiger partial charge >= 0.3 is 5.97 Å². The topological polar surface area (TPSA) is 84.0 Å². The molecule has 33 heavy (non-hydrogen) atoms. The number of aryl methyl sites for hydroxylation is 2. The Hall–Kier alpha value is -2.87. The van der Waals surface area contributed by atoms with E-state index < -0.39 is 10.0 Å². The number of piperidine rings is 1. The van der Waals surface area contributed by atoms with Crippen molar-refractivity contribution in [2.24, 2.45) is 5.92 Å². The largest absolute Gasteiger partial charge is 0.466 e. The van der Waals surface area contributed by atoms with Gasteiger partial charge in [-0.1, -0.05) is 30.3 Å². The molecule has 0 unspecified atom stereocenters. The van der Waals surface area contributed by atoms with Gasteiger partial charge in [-0.05, 0) is 62.4 Å². The number of anilines is 1. The summed E-state index contributed by atoms with van der Waals surface area (Å²) in [6.07, 6.45) is 2.40. The van der Waals surface area contributed by atoms with E-state index in [1.807, 2.05) is 32.0 Å². The van der Waals surface area contributed by atoms with E-state index in [-0.39, 0.29) is 24.3 Å². The van der Waals surface area contributed by atoms with Crippen molar-refractivity contribution in [3.63, 3.8) is 0 Å². The third-order valence-electron chi connectivity index (χ3n) is 6.02. The lowest BCUT2D eigenvalue weighted by Gasteiger charge is -2.31. The minimum Gasteiger partial charge on any atom is -0.466 e. The van der Waals surface area contributed by atoms with Crippen LogP contribution in [0.1, 0.15) is 46.8 Å². The van der Waals surface area contributed by atoms with Gasteiger partial charge in [-0.3, -0.25) is 13.9 Å². The molecule has 3 rings (SSSR count). The summed E-state index contributed by atoms with van der Waals surface area (Å²) in [5, 5.41) is 0. The maximum atomic E-state index is 12.9. The van der Waals surface area contributed by atoms with Gasteiger partial charge < -0.3 is 9.64 Å². The number of rotatable bonds is 7. The van der Waals surface area contributed by atoms with Crippen molar-refractivity contribution < 1.29 is 22.7 Å². The van der Waals surface area contributed by atoms with E-state index in [1.54, 1.807) is 36.1 Å². The van der Waals surface area contributed by atoms with Crippen LogP contribution < -0.4 is 4.31 Å². The molecule has 1 heterocycles. The van der Waals surface area contributed by atoms with Crippen molar-refractivity contribution >= 4 is 27.6 Å². The highest BCUT2D eigenvalue weighted by molar-refractivity contribution is 7.92. The Labute approximate surface area is 196 Å². The van der Waals surface area contributed by atoms with Crippen LogP contribution in [0.3, 0.4) is 0 Å². The molecule has 0 N–H and O–H groups in total. The SMILES string of the molecule is CCOC(=O)C1CCN(C(=O)c2ccc(CN(c3c(C)cccc3C)S(C)(=O)=O)cc2)CC1. The molecular formula is C25H32N2O5S. The normalized spacial score (nSPS) is 14.7. The van der Waals surface area contributed by atoms with Crippen LogP contribution in [0.2, 0.25) is 0 Å². The lowest BCUT2D eigenvalue weighted by molar-refractivity contribution is -0.149. The minimum atomic E-state index is -3.50. The second-order valence-electron chi connectivity index (χ2n) is 8.53. The molecule has 1 fully saturated rings. The maximum Gasteiger partial charge on any atom is 0.309 e. The number of carbonyl (C=O) groups excluding carboxylic acids is 2. The van der Waals surface area contributed by atoms with E-state index in [1.165, 1.54) is 10.6 Å². The first-order valence-electron chi connectivity index (χ1n) is 11.2. The molecule has 1 saturated heterocycles. The molecule has 7 nitrogen and oxygen atoms in total. The van der Waals surface area contributed by atoms with Crippen LogP contribution in [0.15, 0.2) is 42.5 Å². The summed E-state index contributed by atoms with van der Waals surface area (Å²) in [6, 6.07) is 12.8. The van der Waals surface area contributed by atoms with Gasteiger partial charge in [0, 0.05) is 18.7 Å². The monoisotopic (exact) mass is 472 g/mol. The van der Waals surface area contributed by atoms with Crippen LogP contribution in [-0.4, -0.2) is 51.1 Å². The van der Waals surface area contributed by atoms with E-state index in [4.69, 9.17) is 4.74 Å². The molecule has 0 radical (unpaired) electrons. The molecule has 0 aromatic heterocycles. The van der Waals surface area contributed by atoms with Crippen LogP contribution in [0.25, 0.3) is 0 Å². The number of sulfonamides is 1. The number of para-hydroxylation sites is 1. The number of ether oxygens (including phenoxy) is 1. The first-order valence-corrected chi connectivity index (χ1v) is 13.1. The van der Waals surface area contributed by atoms with Crippen molar-refractivity contribution in [2.45, 2.75) is 40.2 Å². The van der Waals surface area contributed by atoms with Crippen LogP contribution in [0.4, 0.5) is 5.69 Å². The second kappa shape index (κ2) is 10.4. The Morgan fingerprint density at radius 2 is 1.61 bits per heavy atom. The fourth-order valence-corrected chi connectivity index (χ4v) is 5.24. The van der Waals surface area contributed by atoms with E-state index >= 15 is 0 Å². The number of nitrogens with zero attached hydrogens (tertiary/aromatic N) is 2. The summed E-state index contributed by atoms with van der Waals surface area (Å²) in [4.78, 5) is 26.6. The molecule has 2 aromatic rings. The first kappa shape index (κ1) is 24.8. The second-order valence-corrected chi connectivity index (χ2v) is 10.4. The summed E-state index contributed by atoms with van der Waals surface area (Å²) in [7, 11) is -3.50. The summed E-state index contributed by atoms with van der Waals surface area (Å²) >= 11 is 0. The summed E-state index contributed by atoms with van der Waals surface area (Å²) < 4.78 is 31.6. The Morgan fingerprint density at radius 3 is 2.12 bits per heavy atom. The average molecular weight is 473 g/mol. The zero-order valence-electron chi connectivity index (χ0n) is 19.7. The maximum absolute atomic E-state index is 12.9. The third kappa shape index (κ3) is 5.93. The Balaban J connectivity index is 1.71. The number of esters is 1. The number of hydrogen-bond donors (Lipinski definition) is 0. The van der Waals surface area contributed by atoms with Gasteiger partial charge in [-0.15, -0.1) is 0 Å². The van der Waals surface area contributed by atoms with Crippen molar-refractivity contribution in [3.8, 4) is 0 Å². The van der Waals surface area contributed by atoms with E-state index in [0.717, 1.165) is 16.7 Å². The Morgan fingerprint density at radius 1 is 1.03 bits per heavy atom. The molecule has 2 aromatic carbocycles. The summed E-state index contributed by atoms with van der Waals surface area (Å²) in [5.74, 6) is -0.421. The van der Waals surface area contributed by atoms with Crippen LogP contribution in [0.5, 0.6) is 0 Å². The van der Waals surface area contributed by atoms with Crippen molar-refractivity contribution in [1.29, 1.82) is 0 Å². The van der Waals surface area contributed by atoms with E-state index in [9.17, 15) is 18.0 Å².